The number of amides is 1. The lowest BCUT2D eigenvalue weighted by Gasteiger charge is -2.27. The molecule has 0 unspecified atom stereocenters. The van der Waals surface area contributed by atoms with Gasteiger partial charge in [0.25, 0.3) is 5.91 Å². The topological polar surface area (TPSA) is 36.4 Å². The zero-order valence-corrected chi connectivity index (χ0v) is 16.4. The lowest BCUT2D eigenvalue weighted by Crippen LogP contribution is -2.36. The van der Waals surface area contributed by atoms with Gasteiger partial charge in [-0.05, 0) is 49.6 Å². The standard InChI is InChI=1S/C24H25N3O/c1-18(2)27(17-19-8-4-3-5-9-19)24(28)22-13-12-21(16-25-22)26-15-14-20-10-6-7-11-23(20)26/h3-13,16,18H,14-15,17H2,1-2H3. The minimum Gasteiger partial charge on any atom is -0.340 e. The van der Waals surface area contributed by atoms with Crippen LogP contribution in [0.4, 0.5) is 11.4 Å². The van der Waals surface area contributed by atoms with Crippen molar-refractivity contribution in [1.82, 2.24) is 9.88 Å². The Labute approximate surface area is 166 Å². The van der Waals surface area contributed by atoms with Gasteiger partial charge < -0.3 is 9.80 Å². The molecule has 0 aliphatic carbocycles. The number of carbonyl (C=O) groups is 1. The van der Waals surface area contributed by atoms with Crippen LogP contribution < -0.4 is 4.90 Å². The molecule has 1 amide bonds. The predicted octanol–water partition coefficient (Wildman–Crippen LogP) is 4.83. The second-order valence-corrected chi connectivity index (χ2v) is 7.44. The minimum absolute atomic E-state index is 0.0350. The zero-order valence-electron chi connectivity index (χ0n) is 16.4. The number of carbonyl (C=O) groups excluding carboxylic acids is 1. The van der Waals surface area contributed by atoms with E-state index in [2.05, 4.69) is 34.1 Å². The number of fused-ring (bicyclic) bond motifs is 1. The average molecular weight is 371 g/mol. The van der Waals surface area contributed by atoms with Gasteiger partial charge in [0.15, 0.2) is 0 Å². The summed E-state index contributed by atoms with van der Waals surface area (Å²) in [7, 11) is 0. The quantitative estimate of drug-likeness (QED) is 0.645. The molecule has 0 bridgehead atoms. The molecule has 3 aromatic rings. The first-order chi connectivity index (χ1) is 13.6. The molecular weight excluding hydrogens is 346 g/mol. The first kappa shape index (κ1) is 18.2. The van der Waals surface area contributed by atoms with Crippen LogP contribution in [0.1, 0.15) is 35.5 Å². The maximum Gasteiger partial charge on any atom is 0.272 e. The van der Waals surface area contributed by atoms with E-state index in [4.69, 9.17) is 0 Å². The second-order valence-electron chi connectivity index (χ2n) is 7.44. The number of pyridine rings is 1. The van der Waals surface area contributed by atoms with Crippen molar-refractivity contribution < 1.29 is 4.79 Å². The van der Waals surface area contributed by atoms with Gasteiger partial charge >= 0.3 is 0 Å². The van der Waals surface area contributed by atoms with E-state index in [9.17, 15) is 4.79 Å². The van der Waals surface area contributed by atoms with Crippen molar-refractivity contribution in [2.45, 2.75) is 32.9 Å². The van der Waals surface area contributed by atoms with E-state index in [-0.39, 0.29) is 11.9 Å². The van der Waals surface area contributed by atoms with E-state index in [1.807, 2.05) is 67.4 Å². The van der Waals surface area contributed by atoms with E-state index in [0.29, 0.717) is 12.2 Å². The van der Waals surface area contributed by atoms with Gasteiger partial charge in [-0.1, -0.05) is 48.5 Å². The van der Waals surface area contributed by atoms with Crippen molar-refractivity contribution >= 4 is 17.3 Å². The first-order valence-electron chi connectivity index (χ1n) is 9.80. The van der Waals surface area contributed by atoms with Crippen LogP contribution in [-0.2, 0) is 13.0 Å². The smallest absolute Gasteiger partial charge is 0.272 e. The maximum atomic E-state index is 13.1. The van der Waals surface area contributed by atoms with Crippen LogP contribution in [0.2, 0.25) is 0 Å². The summed E-state index contributed by atoms with van der Waals surface area (Å²) in [6.07, 6.45) is 2.85. The Morgan fingerprint density at radius 3 is 2.50 bits per heavy atom. The van der Waals surface area contributed by atoms with Crippen LogP contribution >= 0.6 is 0 Å². The third-order valence-electron chi connectivity index (χ3n) is 5.25. The fraction of sp³-hybridized carbons (Fsp3) is 0.250. The van der Waals surface area contributed by atoms with Crippen LogP contribution in [-0.4, -0.2) is 28.4 Å². The Morgan fingerprint density at radius 1 is 1.04 bits per heavy atom. The fourth-order valence-corrected chi connectivity index (χ4v) is 3.69. The van der Waals surface area contributed by atoms with Crippen molar-refractivity contribution in [3.8, 4) is 0 Å². The highest BCUT2D eigenvalue weighted by molar-refractivity contribution is 5.92. The highest BCUT2D eigenvalue weighted by Crippen LogP contribution is 2.33. The van der Waals surface area contributed by atoms with Crippen LogP contribution in [0.15, 0.2) is 72.9 Å². The van der Waals surface area contributed by atoms with Gasteiger partial charge in [0, 0.05) is 24.8 Å². The van der Waals surface area contributed by atoms with Crippen molar-refractivity contribution in [2.24, 2.45) is 0 Å². The van der Waals surface area contributed by atoms with Crippen molar-refractivity contribution in [3.05, 3.63) is 89.7 Å². The van der Waals surface area contributed by atoms with Crippen molar-refractivity contribution in [2.75, 3.05) is 11.4 Å². The summed E-state index contributed by atoms with van der Waals surface area (Å²) in [5, 5.41) is 0. The molecule has 0 spiro atoms. The molecule has 4 rings (SSSR count). The van der Waals surface area contributed by atoms with Crippen LogP contribution in [0, 0.1) is 0 Å². The molecule has 1 aliphatic rings. The molecule has 0 N–H and O–H groups in total. The number of aromatic nitrogens is 1. The Hall–Kier alpha value is -3.14. The molecule has 1 aliphatic heterocycles. The molecule has 142 valence electrons. The summed E-state index contributed by atoms with van der Waals surface area (Å²) in [5.41, 5.74) is 5.23. The van der Waals surface area contributed by atoms with E-state index in [0.717, 1.165) is 24.2 Å². The normalized spacial score (nSPS) is 12.9. The van der Waals surface area contributed by atoms with E-state index < -0.39 is 0 Å². The molecule has 0 saturated heterocycles. The molecule has 1 aromatic heterocycles. The van der Waals surface area contributed by atoms with Gasteiger partial charge in [-0.2, -0.15) is 0 Å². The zero-order chi connectivity index (χ0) is 19.5. The number of rotatable bonds is 5. The summed E-state index contributed by atoms with van der Waals surface area (Å²) in [4.78, 5) is 21.7. The predicted molar refractivity (Wildman–Crippen MR) is 113 cm³/mol. The lowest BCUT2D eigenvalue weighted by atomic mass is 10.1. The monoisotopic (exact) mass is 371 g/mol. The molecule has 4 nitrogen and oxygen atoms in total. The third kappa shape index (κ3) is 3.63. The highest BCUT2D eigenvalue weighted by Gasteiger charge is 2.23. The Morgan fingerprint density at radius 2 is 1.79 bits per heavy atom. The summed E-state index contributed by atoms with van der Waals surface area (Å²) < 4.78 is 0. The van der Waals surface area contributed by atoms with Crippen LogP contribution in [0.5, 0.6) is 0 Å². The highest BCUT2D eigenvalue weighted by atomic mass is 16.2. The van der Waals surface area contributed by atoms with Crippen LogP contribution in [0.3, 0.4) is 0 Å². The van der Waals surface area contributed by atoms with Gasteiger partial charge in [0.2, 0.25) is 0 Å². The number of hydrogen-bond donors (Lipinski definition) is 0. The third-order valence-corrected chi connectivity index (χ3v) is 5.25. The molecule has 0 atom stereocenters. The van der Waals surface area contributed by atoms with E-state index >= 15 is 0 Å². The molecule has 4 heteroatoms. The van der Waals surface area contributed by atoms with E-state index in [1.165, 1.54) is 11.3 Å². The summed E-state index contributed by atoms with van der Waals surface area (Å²) in [6, 6.07) is 22.5. The molecule has 0 radical (unpaired) electrons. The van der Waals surface area contributed by atoms with Gasteiger partial charge in [-0.3, -0.25) is 4.79 Å². The van der Waals surface area contributed by atoms with Crippen LogP contribution in [0.25, 0.3) is 0 Å². The summed E-state index contributed by atoms with van der Waals surface area (Å²) in [6.45, 7) is 5.60. The summed E-state index contributed by atoms with van der Waals surface area (Å²) >= 11 is 0. The number of hydrogen-bond acceptors (Lipinski definition) is 3. The second kappa shape index (κ2) is 7.85. The Kier molecular flexibility index (Phi) is 5.11. The number of para-hydroxylation sites is 1. The van der Waals surface area contributed by atoms with Crippen molar-refractivity contribution in [1.29, 1.82) is 0 Å². The molecular formula is C24H25N3O. The van der Waals surface area contributed by atoms with Crippen molar-refractivity contribution in [3.63, 3.8) is 0 Å². The Bertz CT molecular complexity index is 951. The summed E-state index contributed by atoms with van der Waals surface area (Å²) in [5.74, 6) is -0.0350. The van der Waals surface area contributed by atoms with Gasteiger partial charge in [-0.25, -0.2) is 4.98 Å². The molecule has 0 fully saturated rings. The SMILES string of the molecule is CC(C)N(Cc1ccccc1)C(=O)c1ccc(N2CCc3ccccc32)cn1. The number of benzene rings is 2. The average Bonchev–Trinajstić information content (AvgIpc) is 3.16. The molecule has 0 saturated carbocycles. The number of nitrogens with zero attached hydrogens (tertiary/aromatic N) is 3. The lowest BCUT2D eigenvalue weighted by molar-refractivity contribution is 0.0684. The maximum absolute atomic E-state index is 13.1. The minimum atomic E-state index is -0.0350. The molecule has 28 heavy (non-hydrogen) atoms. The largest absolute Gasteiger partial charge is 0.340 e. The van der Waals surface area contributed by atoms with Gasteiger partial charge in [0.05, 0.1) is 11.9 Å². The van der Waals surface area contributed by atoms with Gasteiger partial charge in [-0.15, -0.1) is 0 Å². The molecule has 2 aromatic carbocycles. The Balaban J connectivity index is 1.53. The first-order valence-corrected chi connectivity index (χ1v) is 9.80. The van der Waals surface area contributed by atoms with E-state index in [1.54, 1.807) is 0 Å². The molecule has 2 heterocycles. The number of anilines is 2. The van der Waals surface area contributed by atoms with Gasteiger partial charge in [0.1, 0.15) is 5.69 Å². The fourth-order valence-electron chi connectivity index (χ4n) is 3.69.